The van der Waals surface area contributed by atoms with Gasteiger partial charge in [0.1, 0.15) is 11.8 Å². The van der Waals surface area contributed by atoms with E-state index in [0.29, 0.717) is 23.9 Å². The lowest BCUT2D eigenvalue weighted by atomic mass is 10.00. The Balaban J connectivity index is 1.62. The molecule has 1 saturated heterocycles. The van der Waals surface area contributed by atoms with Crippen molar-refractivity contribution in [3.05, 3.63) is 41.0 Å². The summed E-state index contributed by atoms with van der Waals surface area (Å²) >= 11 is 0. The standard InChI is InChI=1S/C17H19N3O3/c1-11-18-16(23-19-11)14-4-2-3-8-20(14)17(21)13-5-6-15-12(10-13)7-9-22-15/h5-6,10,14H,2-4,7-9H2,1H3/t14-/m0/s1. The summed E-state index contributed by atoms with van der Waals surface area (Å²) < 4.78 is 10.8. The zero-order valence-electron chi connectivity index (χ0n) is 13.1. The maximum Gasteiger partial charge on any atom is 0.254 e. The molecule has 6 nitrogen and oxygen atoms in total. The largest absolute Gasteiger partial charge is 0.493 e. The monoisotopic (exact) mass is 313 g/mol. The average Bonchev–Trinajstić information content (AvgIpc) is 3.22. The number of rotatable bonds is 2. The van der Waals surface area contributed by atoms with Crippen molar-refractivity contribution in [3.63, 3.8) is 0 Å². The summed E-state index contributed by atoms with van der Waals surface area (Å²) in [7, 11) is 0. The number of piperidine rings is 1. The Bertz CT molecular complexity index is 740. The molecule has 2 aliphatic heterocycles. The van der Waals surface area contributed by atoms with Crippen molar-refractivity contribution in [1.82, 2.24) is 15.0 Å². The SMILES string of the molecule is Cc1noc([C@@H]2CCCCN2C(=O)c2ccc3c(c2)CCO3)n1. The van der Waals surface area contributed by atoms with E-state index < -0.39 is 0 Å². The molecular weight excluding hydrogens is 294 g/mol. The van der Waals surface area contributed by atoms with Crippen molar-refractivity contribution < 1.29 is 14.1 Å². The zero-order chi connectivity index (χ0) is 15.8. The van der Waals surface area contributed by atoms with Crippen LogP contribution in [0.2, 0.25) is 0 Å². The third kappa shape index (κ3) is 2.58. The van der Waals surface area contributed by atoms with E-state index in [1.807, 2.05) is 23.1 Å². The second-order valence-electron chi connectivity index (χ2n) is 6.11. The molecule has 2 aliphatic rings. The molecule has 4 rings (SSSR count). The Morgan fingerprint density at radius 1 is 1.35 bits per heavy atom. The molecule has 0 saturated carbocycles. The second-order valence-corrected chi connectivity index (χ2v) is 6.11. The lowest BCUT2D eigenvalue weighted by Gasteiger charge is -2.33. The Kier molecular flexibility index (Phi) is 3.52. The molecule has 1 aromatic heterocycles. The highest BCUT2D eigenvalue weighted by molar-refractivity contribution is 5.95. The number of hydrogen-bond acceptors (Lipinski definition) is 5. The minimum Gasteiger partial charge on any atom is -0.493 e. The number of benzene rings is 1. The second kappa shape index (κ2) is 5.68. The van der Waals surface area contributed by atoms with Gasteiger partial charge in [0.25, 0.3) is 5.91 Å². The third-order valence-corrected chi connectivity index (χ3v) is 4.53. The Morgan fingerprint density at radius 3 is 3.09 bits per heavy atom. The van der Waals surface area contributed by atoms with Crippen LogP contribution < -0.4 is 4.74 Å². The Labute approximate surface area is 134 Å². The van der Waals surface area contributed by atoms with E-state index in [1.54, 1.807) is 6.92 Å². The first-order valence-corrected chi connectivity index (χ1v) is 8.09. The van der Waals surface area contributed by atoms with Gasteiger partial charge in [-0.25, -0.2) is 0 Å². The fraction of sp³-hybridized carbons (Fsp3) is 0.471. The number of carbonyl (C=O) groups is 1. The normalized spacial score (nSPS) is 20.2. The van der Waals surface area contributed by atoms with Crippen LogP contribution in [0.1, 0.15) is 52.9 Å². The van der Waals surface area contributed by atoms with E-state index in [4.69, 9.17) is 9.26 Å². The van der Waals surface area contributed by atoms with Gasteiger partial charge >= 0.3 is 0 Å². The fourth-order valence-corrected chi connectivity index (χ4v) is 3.37. The zero-order valence-corrected chi connectivity index (χ0v) is 13.1. The van der Waals surface area contributed by atoms with Crippen LogP contribution in [-0.2, 0) is 6.42 Å². The molecule has 23 heavy (non-hydrogen) atoms. The third-order valence-electron chi connectivity index (χ3n) is 4.53. The van der Waals surface area contributed by atoms with Crippen molar-refractivity contribution in [2.45, 2.75) is 38.6 Å². The van der Waals surface area contributed by atoms with Crippen molar-refractivity contribution >= 4 is 5.91 Å². The molecule has 120 valence electrons. The van der Waals surface area contributed by atoms with Crippen LogP contribution in [0, 0.1) is 6.92 Å². The number of aromatic nitrogens is 2. The minimum atomic E-state index is -0.123. The molecule has 0 radical (unpaired) electrons. The van der Waals surface area contributed by atoms with Gasteiger partial charge < -0.3 is 14.2 Å². The van der Waals surface area contributed by atoms with Gasteiger partial charge in [-0.1, -0.05) is 5.16 Å². The van der Waals surface area contributed by atoms with Crippen LogP contribution >= 0.6 is 0 Å². The molecule has 0 aliphatic carbocycles. The van der Waals surface area contributed by atoms with Gasteiger partial charge in [-0.15, -0.1) is 0 Å². The molecule has 3 heterocycles. The Morgan fingerprint density at radius 2 is 2.26 bits per heavy atom. The lowest BCUT2D eigenvalue weighted by molar-refractivity contribution is 0.0561. The van der Waals surface area contributed by atoms with Gasteiger partial charge in [-0.2, -0.15) is 4.98 Å². The number of nitrogens with zero attached hydrogens (tertiary/aromatic N) is 3. The molecule has 1 atom stereocenters. The summed E-state index contributed by atoms with van der Waals surface area (Å²) in [6.07, 6.45) is 3.79. The first-order chi connectivity index (χ1) is 11.2. The fourth-order valence-electron chi connectivity index (χ4n) is 3.37. The summed E-state index contributed by atoms with van der Waals surface area (Å²) in [5.74, 6) is 2.07. The number of hydrogen-bond donors (Lipinski definition) is 0. The van der Waals surface area contributed by atoms with Crippen LogP contribution in [0.5, 0.6) is 5.75 Å². The molecule has 1 aromatic carbocycles. The van der Waals surface area contributed by atoms with Crippen LogP contribution in [0.3, 0.4) is 0 Å². The first kappa shape index (κ1) is 14.2. The van der Waals surface area contributed by atoms with Crippen molar-refractivity contribution in [1.29, 1.82) is 0 Å². The molecule has 0 N–H and O–H groups in total. The molecule has 0 spiro atoms. The van der Waals surface area contributed by atoms with E-state index in [2.05, 4.69) is 10.1 Å². The summed E-state index contributed by atoms with van der Waals surface area (Å²) in [6, 6.07) is 5.57. The smallest absolute Gasteiger partial charge is 0.254 e. The molecule has 1 amide bonds. The van der Waals surface area contributed by atoms with Crippen LogP contribution in [-0.4, -0.2) is 34.1 Å². The number of carbonyl (C=O) groups excluding carboxylic acids is 1. The summed E-state index contributed by atoms with van der Waals surface area (Å²) in [5, 5.41) is 3.86. The molecule has 1 fully saturated rings. The predicted octanol–water partition coefficient (Wildman–Crippen LogP) is 2.68. The maximum atomic E-state index is 13.0. The highest BCUT2D eigenvalue weighted by Gasteiger charge is 2.32. The molecular formula is C17H19N3O3. The van der Waals surface area contributed by atoms with Crippen LogP contribution in [0.25, 0.3) is 0 Å². The number of ether oxygens (including phenoxy) is 1. The lowest BCUT2D eigenvalue weighted by Crippen LogP contribution is -2.38. The van der Waals surface area contributed by atoms with E-state index in [9.17, 15) is 4.79 Å². The van der Waals surface area contributed by atoms with Crippen molar-refractivity contribution in [2.75, 3.05) is 13.2 Å². The number of likely N-dealkylation sites (tertiary alicyclic amines) is 1. The van der Waals surface area contributed by atoms with Gasteiger partial charge in [-0.05, 0) is 49.9 Å². The average molecular weight is 313 g/mol. The molecule has 0 unspecified atom stereocenters. The highest BCUT2D eigenvalue weighted by atomic mass is 16.5. The van der Waals surface area contributed by atoms with Gasteiger partial charge in [0.15, 0.2) is 5.82 Å². The first-order valence-electron chi connectivity index (χ1n) is 8.09. The van der Waals surface area contributed by atoms with Gasteiger partial charge in [-0.3, -0.25) is 4.79 Å². The van der Waals surface area contributed by atoms with E-state index in [0.717, 1.165) is 43.5 Å². The predicted molar refractivity (Wildman–Crippen MR) is 82.3 cm³/mol. The van der Waals surface area contributed by atoms with Crippen LogP contribution in [0.15, 0.2) is 22.7 Å². The van der Waals surface area contributed by atoms with Crippen molar-refractivity contribution in [2.24, 2.45) is 0 Å². The number of fused-ring (bicyclic) bond motifs is 1. The highest BCUT2D eigenvalue weighted by Crippen LogP contribution is 2.32. The van der Waals surface area contributed by atoms with Gasteiger partial charge in [0.05, 0.1) is 6.61 Å². The number of amides is 1. The van der Waals surface area contributed by atoms with E-state index >= 15 is 0 Å². The van der Waals surface area contributed by atoms with Crippen molar-refractivity contribution in [3.8, 4) is 5.75 Å². The molecule has 2 aromatic rings. The van der Waals surface area contributed by atoms with Gasteiger partial charge in [0, 0.05) is 18.5 Å². The topological polar surface area (TPSA) is 68.5 Å². The maximum absolute atomic E-state index is 13.0. The molecule has 0 bridgehead atoms. The minimum absolute atomic E-state index is 0.0280. The Hall–Kier alpha value is -2.37. The summed E-state index contributed by atoms with van der Waals surface area (Å²) in [4.78, 5) is 19.2. The quantitative estimate of drug-likeness (QED) is 0.852. The number of aryl methyl sites for hydroxylation is 1. The molecule has 6 heteroatoms. The van der Waals surface area contributed by atoms with E-state index in [-0.39, 0.29) is 11.9 Å². The van der Waals surface area contributed by atoms with Gasteiger partial charge in [0.2, 0.25) is 5.89 Å². The summed E-state index contributed by atoms with van der Waals surface area (Å²) in [6.45, 7) is 3.21. The van der Waals surface area contributed by atoms with Crippen LogP contribution in [0.4, 0.5) is 0 Å². The van der Waals surface area contributed by atoms with E-state index in [1.165, 1.54) is 0 Å². The summed E-state index contributed by atoms with van der Waals surface area (Å²) in [5.41, 5.74) is 1.82.